The van der Waals surface area contributed by atoms with Crippen molar-refractivity contribution in [1.29, 1.82) is 0 Å². The predicted molar refractivity (Wildman–Crippen MR) is 116 cm³/mol. The molecule has 152 valence electrons. The lowest BCUT2D eigenvalue weighted by atomic mass is 10.1. The summed E-state index contributed by atoms with van der Waals surface area (Å²) in [5.41, 5.74) is 1.86. The highest BCUT2D eigenvalue weighted by Gasteiger charge is 2.35. The summed E-state index contributed by atoms with van der Waals surface area (Å²) in [5.74, 6) is 1.24. The fourth-order valence-electron chi connectivity index (χ4n) is 2.91. The third-order valence-electron chi connectivity index (χ3n) is 4.22. The Morgan fingerprint density at radius 2 is 1.79 bits per heavy atom. The highest BCUT2D eigenvalue weighted by atomic mass is 32.2. The van der Waals surface area contributed by atoms with Gasteiger partial charge in [-0.15, -0.1) is 0 Å². The molecule has 1 aliphatic rings. The van der Waals surface area contributed by atoms with Crippen LogP contribution in [0.1, 0.15) is 31.9 Å². The molecule has 3 rings (SSSR count). The zero-order valence-corrected chi connectivity index (χ0v) is 17.7. The normalized spacial score (nSPS) is 15.4. The zero-order valence-electron chi connectivity index (χ0n) is 16.9. The topological polar surface area (TPSA) is 55.8 Å². The second-order valence-corrected chi connectivity index (χ2v) is 8.09. The minimum Gasteiger partial charge on any atom is -0.490 e. The van der Waals surface area contributed by atoms with Gasteiger partial charge in [0.1, 0.15) is 6.61 Å². The Hall–Kier alpha value is -2.73. The van der Waals surface area contributed by atoms with Gasteiger partial charge in [-0.1, -0.05) is 50.2 Å². The Labute approximate surface area is 175 Å². The summed E-state index contributed by atoms with van der Waals surface area (Å²) in [5, 5.41) is -0.220. The van der Waals surface area contributed by atoms with Gasteiger partial charge in [-0.3, -0.25) is 14.5 Å². The van der Waals surface area contributed by atoms with E-state index < -0.39 is 0 Å². The summed E-state index contributed by atoms with van der Waals surface area (Å²) >= 11 is 0.976. The molecule has 0 bridgehead atoms. The van der Waals surface area contributed by atoms with E-state index in [1.807, 2.05) is 69.3 Å². The molecule has 1 heterocycles. The molecule has 0 aromatic heterocycles. The van der Waals surface area contributed by atoms with Crippen LogP contribution in [-0.4, -0.2) is 29.2 Å². The Morgan fingerprint density at radius 1 is 1.03 bits per heavy atom. The van der Waals surface area contributed by atoms with Crippen LogP contribution in [0.3, 0.4) is 0 Å². The number of benzene rings is 2. The zero-order chi connectivity index (χ0) is 20.8. The van der Waals surface area contributed by atoms with Gasteiger partial charge in [-0.25, -0.2) is 0 Å². The molecule has 0 N–H and O–H groups in total. The number of imide groups is 1. The number of nitrogens with zero attached hydrogens (tertiary/aromatic N) is 1. The van der Waals surface area contributed by atoms with Crippen LogP contribution in [0.4, 0.5) is 4.79 Å². The van der Waals surface area contributed by atoms with Gasteiger partial charge in [0.05, 0.1) is 11.5 Å². The lowest BCUT2D eigenvalue weighted by Gasteiger charge is -2.14. The van der Waals surface area contributed by atoms with Crippen molar-refractivity contribution in [2.24, 2.45) is 5.92 Å². The van der Waals surface area contributed by atoms with E-state index >= 15 is 0 Å². The number of rotatable bonds is 8. The van der Waals surface area contributed by atoms with E-state index in [0.717, 1.165) is 22.9 Å². The van der Waals surface area contributed by atoms with Crippen molar-refractivity contribution < 1.29 is 19.1 Å². The summed E-state index contributed by atoms with van der Waals surface area (Å²) in [4.78, 5) is 26.4. The maximum absolute atomic E-state index is 12.6. The number of carbonyl (C=O) groups excluding carboxylic acids is 2. The van der Waals surface area contributed by atoms with Crippen molar-refractivity contribution in [3.05, 3.63) is 64.6 Å². The highest BCUT2D eigenvalue weighted by Crippen LogP contribution is 2.35. The standard InChI is InChI=1S/C23H25NO4S/c1-4-27-20-12-18(10-11-19(20)28-15-17-8-6-5-7-9-17)13-21-22(25)24(14-16(2)3)23(26)29-21/h5-13,16H,4,14-15H2,1-3H3. The van der Waals surface area contributed by atoms with Crippen LogP contribution < -0.4 is 9.47 Å². The van der Waals surface area contributed by atoms with Crippen LogP contribution in [0.5, 0.6) is 11.5 Å². The summed E-state index contributed by atoms with van der Waals surface area (Å²) in [7, 11) is 0. The molecule has 0 saturated carbocycles. The fraction of sp³-hybridized carbons (Fsp3) is 0.304. The number of carbonyl (C=O) groups is 2. The lowest BCUT2D eigenvalue weighted by Crippen LogP contribution is -2.31. The van der Waals surface area contributed by atoms with Gasteiger partial charge in [0.15, 0.2) is 11.5 Å². The summed E-state index contributed by atoms with van der Waals surface area (Å²) in [6.07, 6.45) is 1.73. The number of amides is 2. The average Bonchev–Trinajstić information content (AvgIpc) is 2.95. The summed E-state index contributed by atoms with van der Waals surface area (Å²) < 4.78 is 11.6. The van der Waals surface area contributed by atoms with Crippen molar-refractivity contribution in [1.82, 2.24) is 4.90 Å². The summed E-state index contributed by atoms with van der Waals surface area (Å²) in [6.45, 7) is 7.23. The minimum atomic E-state index is -0.240. The molecule has 0 unspecified atom stereocenters. The Kier molecular flexibility index (Phi) is 6.99. The molecule has 2 amide bonds. The van der Waals surface area contributed by atoms with Crippen molar-refractivity contribution in [2.45, 2.75) is 27.4 Å². The van der Waals surface area contributed by atoms with Gasteiger partial charge < -0.3 is 9.47 Å². The van der Waals surface area contributed by atoms with E-state index in [0.29, 0.717) is 36.2 Å². The van der Waals surface area contributed by atoms with Gasteiger partial charge in [0, 0.05) is 6.54 Å². The lowest BCUT2D eigenvalue weighted by molar-refractivity contribution is -0.123. The first kappa shape index (κ1) is 21.0. The number of hydrogen-bond acceptors (Lipinski definition) is 5. The summed E-state index contributed by atoms with van der Waals surface area (Å²) in [6, 6.07) is 15.4. The van der Waals surface area contributed by atoms with Crippen LogP contribution in [0, 0.1) is 5.92 Å². The maximum Gasteiger partial charge on any atom is 0.293 e. The van der Waals surface area contributed by atoms with Crippen molar-refractivity contribution in [2.75, 3.05) is 13.2 Å². The molecule has 1 aliphatic heterocycles. The monoisotopic (exact) mass is 411 g/mol. The molecule has 1 fully saturated rings. The van der Waals surface area contributed by atoms with Crippen LogP contribution in [0.2, 0.25) is 0 Å². The van der Waals surface area contributed by atoms with Gasteiger partial charge >= 0.3 is 0 Å². The molecular weight excluding hydrogens is 386 g/mol. The van der Waals surface area contributed by atoms with E-state index in [-0.39, 0.29) is 17.1 Å². The molecule has 0 aliphatic carbocycles. The van der Waals surface area contributed by atoms with Crippen LogP contribution in [0.15, 0.2) is 53.4 Å². The molecule has 0 atom stereocenters. The highest BCUT2D eigenvalue weighted by molar-refractivity contribution is 8.18. The first-order valence-electron chi connectivity index (χ1n) is 9.67. The van der Waals surface area contributed by atoms with Crippen molar-refractivity contribution >= 4 is 29.0 Å². The Balaban J connectivity index is 1.78. The third-order valence-corrected chi connectivity index (χ3v) is 5.13. The quantitative estimate of drug-likeness (QED) is 0.548. The smallest absolute Gasteiger partial charge is 0.293 e. The molecule has 2 aromatic carbocycles. The molecule has 2 aromatic rings. The second kappa shape index (κ2) is 9.65. The van der Waals surface area contributed by atoms with Gasteiger partial charge in [0.2, 0.25) is 0 Å². The van der Waals surface area contributed by atoms with E-state index in [2.05, 4.69) is 0 Å². The van der Waals surface area contributed by atoms with Gasteiger partial charge in [0.25, 0.3) is 11.1 Å². The molecular formula is C23H25NO4S. The third kappa shape index (κ3) is 5.41. The number of thioether (sulfide) groups is 1. The molecule has 6 heteroatoms. The van der Waals surface area contributed by atoms with Crippen molar-refractivity contribution in [3.8, 4) is 11.5 Å². The van der Waals surface area contributed by atoms with Gasteiger partial charge in [-0.2, -0.15) is 0 Å². The Bertz CT molecular complexity index is 908. The Morgan fingerprint density at radius 3 is 2.48 bits per heavy atom. The van der Waals surface area contributed by atoms with Crippen molar-refractivity contribution in [3.63, 3.8) is 0 Å². The molecule has 29 heavy (non-hydrogen) atoms. The number of hydrogen-bond donors (Lipinski definition) is 0. The van der Waals surface area contributed by atoms with Crippen LogP contribution >= 0.6 is 11.8 Å². The van der Waals surface area contributed by atoms with Gasteiger partial charge in [-0.05, 0) is 53.9 Å². The second-order valence-electron chi connectivity index (χ2n) is 7.10. The molecule has 1 saturated heterocycles. The molecule has 0 spiro atoms. The van der Waals surface area contributed by atoms with E-state index in [1.165, 1.54) is 4.90 Å². The van der Waals surface area contributed by atoms with E-state index in [1.54, 1.807) is 6.08 Å². The minimum absolute atomic E-state index is 0.220. The largest absolute Gasteiger partial charge is 0.490 e. The molecule has 5 nitrogen and oxygen atoms in total. The first-order valence-corrected chi connectivity index (χ1v) is 10.5. The predicted octanol–water partition coefficient (Wildman–Crippen LogP) is 5.36. The average molecular weight is 412 g/mol. The SMILES string of the molecule is CCOc1cc(C=C2SC(=O)N(CC(C)C)C2=O)ccc1OCc1ccccc1. The first-order chi connectivity index (χ1) is 14.0. The number of ether oxygens (including phenoxy) is 2. The molecule has 0 radical (unpaired) electrons. The maximum atomic E-state index is 12.6. The van der Waals surface area contributed by atoms with Crippen LogP contribution in [-0.2, 0) is 11.4 Å². The van der Waals surface area contributed by atoms with E-state index in [4.69, 9.17) is 9.47 Å². The van der Waals surface area contributed by atoms with E-state index in [9.17, 15) is 9.59 Å². The fourth-order valence-corrected chi connectivity index (χ4v) is 3.76. The van der Waals surface area contributed by atoms with Crippen LogP contribution in [0.25, 0.3) is 6.08 Å².